The smallest absolute Gasteiger partial charge is 0.243 e. The first-order valence-electron chi connectivity index (χ1n) is 7.54. The van der Waals surface area contributed by atoms with Crippen LogP contribution in [0, 0.1) is 11.8 Å². The summed E-state index contributed by atoms with van der Waals surface area (Å²) in [6, 6.07) is 4.29. The standard InChI is InChI=1S/C15H18Cl2N2O3S/c1-10-8-12(10)15(20)18-4-6-19(7-5-18)23(21,22)11-2-3-13(16)14(17)9-11/h2-3,9-10,12H,4-8H2,1H3/t10-,12+/m1/s1. The van der Waals surface area contributed by atoms with Crippen LogP contribution >= 0.6 is 23.2 Å². The predicted molar refractivity (Wildman–Crippen MR) is 89.1 cm³/mol. The predicted octanol–water partition coefficient (Wildman–Crippen LogP) is 2.48. The number of amides is 1. The molecule has 2 atom stereocenters. The van der Waals surface area contributed by atoms with Crippen molar-refractivity contribution in [2.24, 2.45) is 11.8 Å². The van der Waals surface area contributed by atoms with Crippen LogP contribution < -0.4 is 0 Å². The van der Waals surface area contributed by atoms with Crippen molar-refractivity contribution in [1.82, 2.24) is 9.21 Å². The van der Waals surface area contributed by atoms with Gasteiger partial charge in [-0.15, -0.1) is 0 Å². The van der Waals surface area contributed by atoms with Gasteiger partial charge in [0.2, 0.25) is 15.9 Å². The molecule has 23 heavy (non-hydrogen) atoms. The lowest BCUT2D eigenvalue weighted by Gasteiger charge is -2.34. The number of hydrogen-bond donors (Lipinski definition) is 0. The number of sulfonamides is 1. The summed E-state index contributed by atoms with van der Waals surface area (Å²) in [5, 5.41) is 0.531. The SMILES string of the molecule is C[C@@H]1C[C@@H]1C(=O)N1CCN(S(=O)(=O)c2ccc(Cl)c(Cl)c2)CC1. The molecule has 2 fully saturated rings. The van der Waals surface area contributed by atoms with E-state index in [9.17, 15) is 13.2 Å². The van der Waals surface area contributed by atoms with Gasteiger partial charge in [0.15, 0.2) is 0 Å². The number of carbonyl (C=O) groups is 1. The number of rotatable bonds is 3. The maximum absolute atomic E-state index is 12.6. The first-order valence-corrected chi connectivity index (χ1v) is 9.74. The fourth-order valence-electron chi connectivity index (χ4n) is 2.84. The average molecular weight is 377 g/mol. The molecule has 1 saturated carbocycles. The molecule has 5 nitrogen and oxygen atoms in total. The van der Waals surface area contributed by atoms with Crippen LogP contribution in [0.2, 0.25) is 10.0 Å². The number of carbonyl (C=O) groups excluding carboxylic acids is 1. The van der Waals surface area contributed by atoms with E-state index in [1.807, 2.05) is 0 Å². The molecule has 2 aliphatic rings. The van der Waals surface area contributed by atoms with Crippen molar-refractivity contribution in [3.8, 4) is 0 Å². The van der Waals surface area contributed by atoms with E-state index in [1.54, 1.807) is 4.90 Å². The normalized spacial score (nSPS) is 25.4. The number of benzene rings is 1. The minimum Gasteiger partial charge on any atom is -0.340 e. The molecule has 0 radical (unpaired) electrons. The molecule has 1 aromatic carbocycles. The third-order valence-electron chi connectivity index (χ3n) is 4.51. The first kappa shape index (κ1) is 17.0. The maximum atomic E-state index is 12.6. The van der Waals surface area contributed by atoms with E-state index in [-0.39, 0.29) is 21.7 Å². The summed E-state index contributed by atoms with van der Waals surface area (Å²) in [5.74, 6) is 0.748. The van der Waals surface area contributed by atoms with Gasteiger partial charge >= 0.3 is 0 Å². The van der Waals surface area contributed by atoms with E-state index in [0.29, 0.717) is 37.1 Å². The molecule has 3 rings (SSSR count). The van der Waals surface area contributed by atoms with Gasteiger partial charge in [-0.2, -0.15) is 4.31 Å². The molecule has 0 N–H and O–H groups in total. The Morgan fingerprint density at radius 2 is 1.74 bits per heavy atom. The molecule has 126 valence electrons. The van der Waals surface area contributed by atoms with Crippen LogP contribution in [-0.4, -0.2) is 49.7 Å². The third kappa shape index (κ3) is 3.36. The summed E-state index contributed by atoms with van der Waals surface area (Å²) >= 11 is 11.7. The molecule has 1 heterocycles. The van der Waals surface area contributed by atoms with Crippen molar-refractivity contribution in [2.75, 3.05) is 26.2 Å². The lowest BCUT2D eigenvalue weighted by Crippen LogP contribution is -2.51. The summed E-state index contributed by atoms with van der Waals surface area (Å²) in [6.07, 6.45) is 0.945. The summed E-state index contributed by atoms with van der Waals surface area (Å²) in [5.41, 5.74) is 0. The highest BCUT2D eigenvalue weighted by Gasteiger charge is 2.42. The molecule has 1 aliphatic heterocycles. The molecule has 1 saturated heterocycles. The van der Waals surface area contributed by atoms with E-state index in [0.717, 1.165) is 6.42 Å². The molecule has 0 spiro atoms. The zero-order valence-corrected chi connectivity index (χ0v) is 15.0. The van der Waals surface area contributed by atoms with Gasteiger partial charge in [0.25, 0.3) is 0 Å². The average Bonchev–Trinajstić information content (AvgIpc) is 3.26. The fraction of sp³-hybridized carbons (Fsp3) is 0.533. The molecule has 1 amide bonds. The highest BCUT2D eigenvalue weighted by Crippen LogP contribution is 2.39. The Balaban J connectivity index is 1.68. The largest absolute Gasteiger partial charge is 0.340 e. The second kappa shape index (κ2) is 6.24. The van der Waals surface area contributed by atoms with E-state index in [1.165, 1.54) is 22.5 Å². The van der Waals surface area contributed by atoms with E-state index < -0.39 is 10.0 Å². The van der Waals surface area contributed by atoms with Crippen LogP contribution in [0.1, 0.15) is 13.3 Å². The highest BCUT2D eigenvalue weighted by atomic mass is 35.5. The van der Waals surface area contributed by atoms with Gasteiger partial charge in [-0.25, -0.2) is 8.42 Å². The highest BCUT2D eigenvalue weighted by molar-refractivity contribution is 7.89. The first-order chi connectivity index (χ1) is 10.8. The zero-order valence-electron chi connectivity index (χ0n) is 12.7. The Labute approximate surface area is 146 Å². The number of nitrogens with zero attached hydrogens (tertiary/aromatic N) is 2. The van der Waals surface area contributed by atoms with Crippen molar-refractivity contribution in [2.45, 2.75) is 18.2 Å². The lowest BCUT2D eigenvalue weighted by molar-refractivity contribution is -0.134. The maximum Gasteiger partial charge on any atom is 0.243 e. The molecular weight excluding hydrogens is 359 g/mol. The molecule has 8 heteroatoms. The minimum absolute atomic E-state index is 0.127. The second-order valence-electron chi connectivity index (χ2n) is 6.12. The van der Waals surface area contributed by atoms with Gasteiger partial charge in [-0.3, -0.25) is 4.79 Å². The number of piperazine rings is 1. The molecule has 1 aliphatic carbocycles. The Kier molecular flexibility index (Phi) is 4.62. The van der Waals surface area contributed by atoms with E-state index in [4.69, 9.17) is 23.2 Å². The Bertz CT molecular complexity index is 730. The van der Waals surface area contributed by atoms with Crippen LogP contribution in [0.5, 0.6) is 0 Å². The van der Waals surface area contributed by atoms with Crippen molar-refractivity contribution in [1.29, 1.82) is 0 Å². The Morgan fingerprint density at radius 3 is 2.26 bits per heavy atom. The summed E-state index contributed by atoms with van der Waals surface area (Å²) in [6.45, 7) is 3.53. The van der Waals surface area contributed by atoms with E-state index >= 15 is 0 Å². The fourth-order valence-corrected chi connectivity index (χ4v) is 4.65. The van der Waals surface area contributed by atoms with Crippen molar-refractivity contribution < 1.29 is 13.2 Å². The van der Waals surface area contributed by atoms with E-state index in [2.05, 4.69) is 6.92 Å². The summed E-state index contributed by atoms with van der Waals surface area (Å²) in [7, 11) is -3.61. The van der Waals surface area contributed by atoms with Crippen molar-refractivity contribution in [3.05, 3.63) is 28.2 Å². The van der Waals surface area contributed by atoms with Crippen LogP contribution in [0.15, 0.2) is 23.1 Å². The van der Waals surface area contributed by atoms with Gasteiger partial charge < -0.3 is 4.90 Å². The monoisotopic (exact) mass is 376 g/mol. The van der Waals surface area contributed by atoms with Crippen LogP contribution in [-0.2, 0) is 14.8 Å². The number of hydrogen-bond acceptors (Lipinski definition) is 3. The third-order valence-corrected chi connectivity index (χ3v) is 7.14. The van der Waals surface area contributed by atoms with Gasteiger partial charge in [0.1, 0.15) is 0 Å². The summed E-state index contributed by atoms with van der Waals surface area (Å²) < 4.78 is 26.7. The van der Waals surface area contributed by atoms with Gasteiger partial charge in [0.05, 0.1) is 14.9 Å². The van der Waals surface area contributed by atoms with Gasteiger partial charge in [-0.05, 0) is 30.5 Å². The Morgan fingerprint density at radius 1 is 1.13 bits per heavy atom. The quantitative estimate of drug-likeness (QED) is 0.813. The second-order valence-corrected chi connectivity index (χ2v) is 8.88. The summed E-state index contributed by atoms with van der Waals surface area (Å²) in [4.78, 5) is 14.1. The molecule has 0 unspecified atom stereocenters. The minimum atomic E-state index is -3.61. The van der Waals surface area contributed by atoms with Crippen LogP contribution in [0.3, 0.4) is 0 Å². The lowest BCUT2D eigenvalue weighted by atomic mass is 10.2. The van der Waals surface area contributed by atoms with Crippen LogP contribution in [0.4, 0.5) is 0 Å². The molecule has 0 bridgehead atoms. The number of halogens is 2. The molecular formula is C15H18Cl2N2O3S. The van der Waals surface area contributed by atoms with Crippen LogP contribution in [0.25, 0.3) is 0 Å². The van der Waals surface area contributed by atoms with Crippen molar-refractivity contribution >= 4 is 39.1 Å². The molecule has 0 aromatic heterocycles. The molecule has 1 aromatic rings. The topological polar surface area (TPSA) is 57.7 Å². The van der Waals surface area contributed by atoms with Gasteiger partial charge in [0, 0.05) is 32.1 Å². The Hall–Kier alpha value is -0.820. The van der Waals surface area contributed by atoms with Gasteiger partial charge in [-0.1, -0.05) is 30.1 Å². The van der Waals surface area contributed by atoms with Crippen molar-refractivity contribution in [3.63, 3.8) is 0 Å². The zero-order chi connectivity index (χ0) is 16.8.